The number of hydrogen-bond acceptors (Lipinski definition) is 3. The molecule has 1 rings (SSSR count). The summed E-state index contributed by atoms with van der Waals surface area (Å²) in [6.45, 7) is 10.5. The highest BCUT2D eigenvalue weighted by Crippen LogP contribution is 2.34. The van der Waals surface area contributed by atoms with Crippen LogP contribution in [-0.4, -0.2) is 46.7 Å². The summed E-state index contributed by atoms with van der Waals surface area (Å²) < 4.78 is 0. The number of carbonyl (C=O) groups is 1. The van der Waals surface area contributed by atoms with Crippen molar-refractivity contribution >= 4 is 5.97 Å². The van der Waals surface area contributed by atoms with E-state index in [0.717, 1.165) is 45.2 Å². The van der Waals surface area contributed by atoms with Gasteiger partial charge in [0.25, 0.3) is 0 Å². The first-order valence-corrected chi connectivity index (χ1v) is 7.74. The van der Waals surface area contributed by atoms with Crippen LogP contribution in [0.5, 0.6) is 0 Å². The number of aliphatic carboxylic acids is 1. The van der Waals surface area contributed by atoms with Crippen molar-refractivity contribution in [3.05, 3.63) is 0 Å². The molecule has 0 aromatic carbocycles. The Hall–Kier alpha value is -0.610. The van der Waals surface area contributed by atoms with Crippen molar-refractivity contribution in [3.8, 4) is 0 Å². The maximum Gasteiger partial charge on any atom is 0.323 e. The van der Waals surface area contributed by atoms with E-state index in [2.05, 4.69) is 37.9 Å². The Morgan fingerprint density at radius 3 is 2.63 bits per heavy atom. The van der Waals surface area contributed by atoms with Crippen molar-refractivity contribution in [1.82, 2.24) is 10.2 Å². The Balaban J connectivity index is 2.74. The average Bonchev–Trinajstić information content (AvgIpc) is 2.82. The molecule has 0 radical (unpaired) electrons. The summed E-state index contributed by atoms with van der Waals surface area (Å²) in [5.41, 5.74) is -0.693. The van der Waals surface area contributed by atoms with Gasteiger partial charge in [-0.25, -0.2) is 0 Å². The second-order valence-corrected chi connectivity index (χ2v) is 5.80. The molecule has 0 bridgehead atoms. The van der Waals surface area contributed by atoms with Crippen LogP contribution in [0.1, 0.15) is 59.8 Å². The molecule has 0 heterocycles. The molecule has 19 heavy (non-hydrogen) atoms. The Bertz CT molecular complexity index is 296. The van der Waals surface area contributed by atoms with Gasteiger partial charge in [0.2, 0.25) is 0 Å². The summed E-state index contributed by atoms with van der Waals surface area (Å²) in [6, 6.07) is 0.936. The average molecular weight is 270 g/mol. The quantitative estimate of drug-likeness (QED) is 0.711. The van der Waals surface area contributed by atoms with Crippen molar-refractivity contribution in [2.45, 2.75) is 77.4 Å². The van der Waals surface area contributed by atoms with Crippen LogP contribution in [0.25, 0.3) is 0 Å². The van der Waals surface area contributed by atoms with Crippen LogP contribution in [0.3, 0.4) is 0 Å². The molecule has 0 amide bonds. The number of nitrogens with one attached hydrogen (secondary N) is 1. The molecule has 1 aliphatic carbocycles. The van der Waals surface area contributed by atoms with Gasteiger partial charge in [-0.1, -0.05) is 20.8 Å². The molecular weight excluding hydrogens is 240 g/mol. The Kier molecular flexibility index (Phi) is 6.27. The van der Waals surface area contributed by atoms with Crippen molar-refractivity contribution in [1.29, 1.82) is 0 Å². The van der Waals surface area contributed by atoms with Crippen molar-refractivity contribution < 1.29 is 9.90 Å². The number of carboxylic acids is 1. The number of hydrogen-bond donors (Lipinski definition) is 2. The minimum absolute atomic E-state index is 0.403. The van der Waals surface area contributed by atoms with Crippen molar-refractivity contribution in [2.75, 3.05) is 13.1 Å². The van der Waals surface area contributed by atoms with Gasteiger partial charge in [-0.3, -0.25) is 9.69 Å². The maximum atomic E-state index is 11.6. The van der Waals surface area contributed by atoms with Crippen molar-refractivity contribution in [2.24, 2.45) is 0 Å². The molecule has 2 N–H and O–H groups in total. The predicted octanol–water partition coefficient (Wildman–Crippen LogP) is 2.48. The second-order valence-electron chi connectivity index (χ2n) is 5.80. The Morgan fingerprint density at radius 2 is 2.16 bits per heavy atom. The summed E-state index contributed by atoms with van der Waals surface area (Å²) >= 11 is 0. The largest absolute Gasteiger partial charge is 0.480 e. The predicted molar refractivity (Wildman–Crippen MR) is 78.4 cm³/mol. The van der Waals surface area contributed by atoms with E-state index in [1.807, 2.05) is 0 Å². The van der Waals surface area contributed by atoms with Crippen LogP contribution in [-0.2, 0) is 4.79 Å². The van der Waals surface area contributed by atoms with Crippen LogP contribution in [0.15, 0.2) is 0 Å². The maximum absolute atomic E-state index is 11.6. The van der Waals surface area contributed by atoms with Gasteiger partial charge in [-0.15, -0.1) is 0 Å². The highest BCUT2D eigenvalue weighted by atomic mass is 16.4. The molecule has 0 spiro atoms. The van der Waals surface area contributed by atoms with E-state index in [4.69, 9.17) is 0 Å². The molecule has 112 valence electrons. The summed E-state index contributed by atoms with van der Waals surface area (Å²) in [5.74, 6) is -0.677. The van der Waals surface area contributed by atoms with E-state index < -0.39 is 11.5 Å². The van der Waals surface area contributed by atoms with E-state index in [1.165, 1.54) is 0 Å². The lowest BCUT2D eigenvalue weighted by atomic mass is 9.96. The number of rotatable bonds is 8. The van der Waals surface area contributed by atoms with Crippen molar-refractivity contribution in [3.63, 3.8) is 0 Å². The lowest BCUT2D eigenvalue weighted by molar-refractivity contribution is -0.144. The molecule has 0 aliphatic heterocycles. The highest BCUT2D eigenvalue weighted by Gasteiger charge is 2.46. The van der Waals surface area contributed by atoms with Gasteiger partial charge in [0.1, 0.15) is 5.54 Å². The molecule has 1 fully saturated rings. The van der Waals surface area contributed by atoms with Gasteiger partial charge in [0.05, 0.1) is 0 Å². The van der Waals surface area contributed by atoms with E-state index in [-0.39, 0.29) is 0 Å². The molecule has 0 saturated heterocycles. The highest BCUT2D eigenvalue weighted by molar-refractivity contribution is 5.79. The minimum Gasteiger partial charge on any atom is -0.480 e. The van der Waals surface area contributed by atoms with Crippen LogP contribution < -0.4 is 5.32 Å². The number of nitrogens with zero attached hydrogens (tertiary/aromatic N) is 1. The van der Waals surface area contributed by atoms with E-state index in [9.17, 15) is 9.90 Å². The van der Waals surface area contributed by atoms with E-state index >= 15 is 0 Å². The molecule has 0 aromatic heterocycles. The molecular formula is C15H30N2O2. The summed E-state index contributed by atoms with van der Waals surface area (Å²) in [7, 11) is 0. The van der Waals surface area contributed by atoms with Crippen LogP contribution in [0.4, 0.5) is 0 Å². The zero-order valence-electron chi connectivity index (χ0n) is 12.9. The van der Waals surface area contributed by atoms with E-state index in [0.29, 0.717) is 12.1 Å². The topological polar surface area (TPSA) is 52.6 Å². The first kappa shape index (κ1) is 16.4. The smallest absolute Gasteiger partial charge is 0.323 e. The van der Waals surface area contributed by atoms with Gasteiger partial charge in [0.15, 0.2) is 0 Å². The fourth-order valence-electron chi connectivity index (χ4n) is 3.26. The summed E-state index contributed by atoms with van der Waals surface area (Å²) in [6.07, 6.45) is 4.57. The molecule has 3 atom stereocenters. The van der Waals surface area contributed by atoms with Gasteiger partial charge >= 0.3 is 5.97 Å². The van der Waals surface area contributed by atoms with Gasteiger partial charge < -0.3 is 10.4 Å². The minimum atomic E-state index is -0.693. The van der Waals surface area contributed by atoms with Gasteiger partial charge in [-0.05, 0) is 52.1 Å². The molecule has 4 nitrogen and oxygen atoms in total. The second kappa shape index (κ2) is 7.25. The van der Waals surface area contributed by atoms with Crippen LogP contribution in [0, 0.1) is 0 Å². The zero-order chi connectivity index (χ0) is 14.5. The van der Waals surface area contributed by atoms with E-state index in [1.54, 1.807) is 0 Å². The number of carboxylic acid groups (broad SMARTS) is 1. The standard InChI is InChI=1S/C15H30N2O2/c1-5-10-16-15(14(18)19)9-8-13(11-15)17(7-3)12(4)6-2/h12-13,16H,5-11H2,1-4H3,(H,18,19). The van der Waals surface area contributed by atoms with Crippen LogP contribution >= 0.6 is 0 Å². The molecule has 0 aromatic rings. The third kappa shape index (κ3) is 3.69. The van der Waals surface area contributed by atoms with Gasteiger partial charge in [-0.2, -0.15) is 0 Å². The lowest BCUT2D eigenvalue weighted by Crippen LogP contribution is -2.52. The normalized spacial score (nSPS) is 28.8. The fraction of sp³-hybridized carbons (Fsp3) is 0.933. The monoisotopic (exact) mass is 270 g/mol. The Morgan fingerprint density at radius 1 is 1.47 bits per heavy atom. The third-order valence-electron chi connectivity index (χ3n) is 4.60. The lowest BCUT2D eigenvalue weighted by Gasteiger charge is -2.34. The SMILES string of the molecule is CCCNC1(C(=O)O)CCC(N(CC)C(C)CC)C1. The molecule has 1 saturated carbocycles. The molecule has 4 heteroatoms. The first-order chi connectivity index (χ1) is 9.00. The summed E-state index contributed by atoms with van der Waals surface area (Å²) in [4.78, 5) is 14.1. The molecule has 1 aliphatic rings. The fourth-order valence-corrected chi connectivity index (χ4v) is 3.26. The van der Waals surface area contributed by atoms with Crippen LogP contribution in [0.2, 0.25) is 0 Å². The first-order valence-electron chi connectivity index (χ1n) is 7.74. The summed E-state index contributed by atoms with van der Waals surface area (Å²) in [5, 5.41) is 12.9. The molecule has 3 unspecified atom stereocenters. The zero-order valence-corrected chi connectivity index (χ0v) is 12.9. The Labute approximate surface area is 117 Å². The third-order valence-corrected chi connectivity index (χ3v) is 4.60. The van der Waals surface area contributed by atoms with Gasteiger partial charge in [0, 0.05) is 12.1 Å².